The van der Waals surface area contributed by atoms with Gasteiger partial charge in [-0.25, -0.2) is 0 Å². The Kier molecular flexibility index (Phi) is 4.95. The summed E-state index contributed by atoms with van der Waals surface area (Å²) in [7, 11) is 0. The number of hydrogen-bond acceptors (Lipinski definition) is 4. The summed E-state index contributed by atoms with van der Waals surface area (Å²) in [5.74, 6) is 0.564. The molecule has 0 spiro atoms. The molecule has 1 N–H and O–H groups in total. The van der Waals surface area contributed by atoms with Crippen molar-refractivity contribution < 1.29 is 22.8 Å². The lowest BCUT2D eigenvalue weighted by Gasteiger charge is -2.21. The maximum absolute atomic E-state index is 12.3. The fraction of sp³-hybridized carbons (Fsp3) is 0.700. The zero-order valence-electron chi connectivity index (χ0n) is 9.50. The molecule has 4 nitrogen and oxygen atoms in total. The highest BCUT2D eigenvalue weighted by atomic mass is 19.4. The van der Waals surface area contributed by atoms with Crippen LogP contribution in [0.5, 0.6) is 0 Å². The summed E-state index contributed by atoms with van der Waals surface area (Å²) < 4.78 is 41.7. The average Bonchev–Trinajstić information content (AvgIpc) is 2.58. The van der Waals surface area contributed by atoms with Crippen LogP contribution < -0.4 is 0 Å². The summed E-state index contributed by atoms with van der Waals surface area (Å²) in [6, 6.07) is 1.60. The Morgan fingerprint density at radius 2 is 2.18 bits per heavy atom. The number of aryl methyl sites for hydroxylation is 1. The first kappa shape index (κ1) is 14.0. The summed E-state index contributed by atoms with van der Waals surface area (Å²) in [6.07, 6.45) is -3.96. The first-order valence-electron chi connectivity index (χ1n) is 5.23. The van der Waals surface area contributed by atoms with Crippen molar-refractivity contribution in [3.8, 4) is 0 Å². The van der Waals surface area contributed by atoms with Gasteiger partial charge in [0.15, 0.2) is 0 Å². The minimum atomic E-state index is -4.26. The average molecular weight is 252 g/mol. The summed E-state index contributed by atoms with van der Waals surface area (Å²) in [4.78, 5) is 1.19. The van der Waals surface area contributed by atoms with Gasteiger partial charge in [0.1, 0.15) is 5.76 Å². The highest BCUT2D eigenvalue weighted by Gasteiger charge is 2.30. The number of aliphatic hydroxyl groups excluding tert-OH is 1. The first-order chi connectivity index (χ1) is 7.90. The van der Waals surface area contributed by atoms with Gasteiger partial charge in [0, 0.05) is 25.8 Å². The minimum absolute atomic E-state index is 0.0663. The molecule has 0 bridgehead atoms. The predicted molar refractivity (Wildman–Crippen MR) is 54.3 cm³/mol. The molecule has 0 atom stereocenters. The number of aromatic nitrogens is 1. The molecule has 1 aromatic heterocycles. The second-order valence-corrected chi connectivity index (χ2v) is 3.83. The van der Waals surface area contributed by atoms with Crippen LogP contribution in [-0.2, 0) is 6.54 Å². The fourth-order valence-electron chi connectivity index (χ4n) is 1.48. The van der Waals surface area contributed by atoms with Crippen molar-refractivity contribution in [1.82, 2.24) is 10.1 Å². The van der Waals surface area contributed by atoms with Crippen molar-refractivity contribution >= 4 is 0 Å². The number of alkyl halides is 3. The van der Waals surface area contributed by atoms with Crippen LogP contribution in [0.15, 0.2) is 10.6 Å². The molecule has 0 saturated carbocycles. The van der Waals surface area contributed by atoms with Crippen LogP contribution in [0.3, 0.4) is 0 Å². The van der Waals surface area contributed by atoms with Crippen LogP contribution in [-0.4, -0.2) is 41.0 Å². The summed E-state index contributed by atoms with van der Waals surface area (Å²) in [5.41, 5.74) is 0.463. The number of aliphatic hydroxyl groups is 1. The normalized spacial score (nSPS) is 12.4. The Bertz CT molecular complexity index is 339. The molecule has 0 unspecified atom stereocenters. The van der Waals surface area contributed by atoms with Crippen molar-refractivity contribution in [2.45, 2.75) is 26.1 Å². The van der Waals surface area contributed by atoms with E-state index in [4.69, 9.17) is 9.63 Å². The molecule has 1 heterocycles. The zero-order valence-corrected chi connectivity index (χ0v) is 9.50. The molecule has 98 valence electrons. The van der Waals surface area contributed by atoms with Crippen LogP contribution in [0.2, 0.25) is 0 Å². The van der Waals surface area contributed by atoms with E-state index in [1.165, 1.54) is 4.90 Å². The minimum Gasteiger partial charge on any atom is -0.396 e. The van der Waals surface area contributed by atoms with Gasteiger partial charge in [-0.3, -0.25) is 4.90 Å². The van der Waals surface area contributed by atoms with E-state index in [9.17, 15) is 13.2 Å². The molecule has 0 aliphatic heterocycles. The van der Waals surface area contributed by atoms with Gasteiger partial charge in [-0.1, -0.05) is 5.16 Å². The van der Waals surface area contributed by atoms with Crippen molar-refractivity contribution in [1.29, 1.82) is 0 Å². The summed E-state index contributed by atoms with van der Waals surface area (Å²) >= 11 is 0. The maximum Gasteiger partial charge on any atom is 0.401 e. The number of hydrogen-bond donors (Lipinski definition) is 1. The van der Waals surface area contributed by atoms with Crippen molar-refractivity contribution in [3.05, 3.63) is 17.5 Å². The third-order valence-corrected chi connectivity index (χ3v) is 2.10. The van der Waals surface area contributed by atoms with Crippen LogP contribution in [0.1, 0.15) is 17.9 Å². The Morgan fingerprint density at radius 1 is 1.47 bits per heavy atom. The van der Waals surface area contributed by atoms with Gasteiger partial charge >= 0.3 is 6.18 Å². The fourth-order valence-corrected chi connectivity index (χ4v) is 1.48. The van der Waals surface area contributed by atoms with Gasteiger partial charge in [-0.2, -0.15) is 13.2 Å². The van der Waals surface area contributed by atoms with E-state index < -0.39 is 12.7 Å². The lowest BCUT2D eigenvalue weighted by Crippen LogP contribution is -2.35. The third kappa shape index (κ3) is 5.69. The number of nitrogens with zero attached hydrogens (tertiary/aromatic N) is 2. The van der Waals surface area contributed by atoms with E-state index in [0.717, 1.165) is 0 Å². The molecule has 0 fully saturated rings. The van der Waals surface area contributed by atoms with E-state index in [2.05, 4.69) is 5.16 Å². The quantitative estimate of drug-likeness (QED) is 0.837. The van der Waals surface area contributed by atoms with E-state index >= 15 is 0 Å². The smallest absolute Gasteiger partial charge is 0.396 e. The SMILES string of the molecule is Cc1cc(CN(CCCO)CC(F)(F)F)no1. The summed E-state index contributed by atoms with van der Waals surface area (Å²) in [5, 5.41) is 12.3. The molecular weight excluding hydrogens is 237 g/mol. The Morgan fingerprint density at radius 3 is 2.65 bits per heavy atom. The highest BCUT2D eigenvalue weighted by Crippen LogP contribution is 2.18. The molecule has 0 aliphatic carbocycles. The van der Waals surface area contributed by atoms with E-state index in [0.29, 0.717) is 17.9 Å². The van der Waals surface area contributed by atoms with Crippen LogP contribution in [0.25, 0.3) is 0 Å². The zero-order chi connectivity index (χ0) is 12.9. The van der Waals surface area contributed by atoms with E-state index in [1.54, 1.807) is 13.0 Å². The van der Waals surface area contributed by atoms with E-state index in [1.807, 2.05) is 0 Å². The van der Waals surface area contributed by atoms with Crippen LogP contribution in [0.4, 0.5) is 13.2 Å². The Labute approximate surface area is 97.0 Å². The topological polar surface area (TPSA) is 49.5 Å². The lowest BCUT2D eigenvalue weighted by molar-refractivity contribution is -0.147. The van der Waals surface area contributed by atoms with Crippen molar-refractivity contribution in [2.75, 3.05) is 19.7 Å². The molecule has 7 heteroatoms. The molecule has 0 amide bonds. The van der Waals surface area contributed by atoms with Gasteiger partial charge < -0.3 is 9.63 Å². The molecule has 0 aliphatic rings. The largest absolute Gasteiger partial charge is 0.401 e. The van der Waals surface area contributed by atoms with Gasteiger partial charge in [0.05, 0.1) is 12.2 Å². The maximum atomic E-state index is 12.3. The molecule has 1 aromatic rings. The second-order valence-electron chi connectivity index (χ2n) is 3.83. The molecular formula is C10H15F3N2O2. The number of halogens is 3. The van der Waals surface area contributed by atoms with Gasteiger partial charge in [-0.05, 0) is 13.3 Å². The summed E-state index contributed by atoms with van der Waals surface area (Å²) in [6.45, 7) is 0.766. The highest BCUT2D eigenvalue weighted by molar-refractivity contribution is 5.03. The Hall–Kier alpha value is -1.08. The molecule has 0 radical (unpaired) electrons. The van der Waals surface area contributed by atoms with E-state index in [-0.39, 0.29) is 19.7 Å². The van der Waals surface area contributed by atoms with Crippen LogP contribution in [0, 0.1) is 6.92 Å². The molecule has 0 saturated heterocycles. The molecule has 17 heavy (non-hydrogen) atoms. The number of rotatable bonds is 6. The van der Waals surface area contributed by atoms with Crippen molar-refractivity contribution in [2.24, 2.45) is 0 Å². The Balaban J connectivity index is 2.56. The lowest BCUT2D eigenvalue weighted by atomic mass is 10.3. The van der Waals surface area contributed by atoms with Gasteiger partial charge in [0.2, 0.25) is 0 Å². The first-order valence-corrected chi connectivity index (χ1v) is 5.23. The van der Waals surface area contributed by atoms with Crippen LogP contribution >= 0.6 is 0 Å². The third-order valence-electron chi connectivity index (χ3n) is 2.10. The van der Waals surface area contributed by atoms with Gasteiger partial charge in [-0.15, -0.1) is 0 Å². The predicted octanol–water partition coefficient (Wildman–Crippen LogP) is 1.73. The monoisotopic (exact) mass is 252 g/mol. The standard InChI is InChI=1S/C10H15F3N2O2/c1-8-5-9(14-17-8)6-15(3-2-4-16)7-10(11,12)13/h5,16H,2-4,6-7H2,1H3. The molecule has 0 aromatic carbocycles. The van der Waals surface area contributed by atoms with Gasteiger partial charge in [0.25, 0.3) is 0 Å². The second kappa shape index (κ2) is 6.02. The molecule has 1 rings (SSSR count). The van der Waals surface area contributed by atoms with Crippen molar-refractivity contribution in [3.63, 3.8) is 0 Å².